The van der Waals surface area contributed by atoms with E-state index in [-0.39, 0.29) is 12.4 Å². The van der Waals surface area contributed by atoms with E-state index in [1.165, 1.54) is 0 Å². The zero-order valence-electron chi connectivity index (χ0n) is 5.32. The molecule has 0 unspecified atom stereocenters. The van der Waals surface area contributed by atoms with Gasteiger partial charge in [-0.25, -0.2) is 0 Å². The Labute approximate surface area is 65.2 Å². The van der Waals surface area contributed by atoms with Crippen molar-refractivity contribution in [3.05, 3.63) is 30.1 Å². The topological polar surface area (TPSA) is 64.5 Å². The standard InChI is InChI=1S/C6H7N3.ClH/c7-6(8)5-2-1-3-9-4-5;/h1-4H,(H3,7,8);1H/p+1. The average Bonchev–Trinajstić information content (AvgIpc) is 1.90. The Kier molecular flexibility index (Phi) is 3.43. The molecule has 4 N–H and O–H groups in total. The second kappa shape index (κ2) is 3.85. The Morgan fingerprint density at radius 1 is 1.60 bits per heavy atom. The number of halogens is 1. The zero-order chi connectivity index (χ0) is 6.69. The molecule has 1 aromatic rings. The molecule has 10 heavy (non-hydrogen) atoms. The van der Waals surface area contributed by atoms with Crippen LogP contribution in [0.5, 0.6) is 0 Å². The Bertz CT molecular complexity index is 209. The van der Waals surface area contributed by atoms with E-state index < -0.39 is 0 Å². The lowest BCUT2D eigenvalue weighted by molar-refractivity contribution is -0.114. The van der Waals surface area contributed by atoms with Crippen LogP contribution < -0.4 is 11.1 Å². The smallest absolute Gasteiger partial charge is 0.272 e. The van der Waals surface area contributed by atoms with Gasteiger partial charge in [0.05, 0.1) is 5.56 Å². The summed E-state index contributed by atoms with van der Waals surface area (Å²) in [4.78, 5) is 3.83. The molecule has 0 saturated heterocycles. The number of nitrogens with two attached hydrogens (primary N) is 2. The van der Waals surface area contributed by atoms with E-state index in [9.17, 15) is 0 Å². The lowest BCUT2D eigenvalue weighted by atomic mass is 10.3. The van der Waals surface area contributed by atoms with Crippen molar-refractivity contribution >= 4 is 18.2 Å². The molecule has 0 amide bonds. The summed E-state index contributed by atoms with van der Waals surface area (Å²) >= 11 is 0. The summed E-state index contributed by atoms with van der Waals surface area (Å²) in [6, 6.07) is 3.59. The Hall–Kier alpha value is -1.09. The third kappa shape index (κ3) is 2.03. The van der Waals surface area contributed by atoms with Crippen LogP contribution in [0.2, 0.25) is 0 Å². The molecule has 1 rings (SSSR count). The molecule has 0 fully saturated rings. The van der Waals surface area contributed by atoms with Crippen molar-refractivity contribution in [2.75, 3.05) is 0 Å². The number of hydrogen-bond donors (Lipinski definition) is 2. The molecule has 0 bridgehead atoms. The van der Waals surface area contributed by atoms with Crippen LogP contribution in [-0.2, 0) is 0 Å². The fraction of sp³-hybridized carbons (Fsp3) is 0. The van der Waals surface area contributed by atoms with Gasteiger partial charge in [-0.2, -0.15) is 0 Å². The molecule has 54 valence electrons. The van der Waals surface area contributed by atoms with Gasteiger partial charge in [-0.05, 0) is 12.1 Å². The average molecular weight is 159 g/mol. The lowest BCUT2D eigenvalue weighted by Crippen LogP contribution is -2.46. The van der Waals surface area contributed by atoms with Crippen molar-refractivity contribution in [3.63, 3.8) is 0 Å². The van der Waals surface area contributed by atoms with Gasteiger partial charge in [0.1, 0.15) is 0 Å². The number of amidine groups is 1. The number of nitrogens with zero attached hydrogens (tertiary/aromatic N) is 1. The number of rotatable bonds is 1. The van der Waals surface area contributed by atoms with Crippen LogP contribution >= 0.6 is 12.4 Å². The zero-order valence-corrected chi connectivity index (χ0v) is 6.14. The quantitative estimate of drug-likeness (QED) is 0.406. The lowest BCUT2D eigenvalue weighted by Gasteiger charge is -1.87. The van der Waals surface area contributed by atoms with Gasteiger partial charge in [0, 0.05) is 12.4 Å². The summed E-state index contributed by atoms with van der Waals surface area (Å²) in [6.07, 6.45) is 3.29. The minimum Gasteiger partial charge on any atom is -0.287 e. The van der Waals surface area contributed by atoms with Crippen LogP contribution in [0.25, 0.3) is 0 Å². The predicted molar refractivity (Wildman–Crippen MR) is 41.7 cm³/mol. The Balaban J connectivity index is 0.000000810. The Morgan fingerprint density at radius 2 is 2.30 bits per heavy atom. The summed E-state index contributed by atoms with van der Waals surface area (Å²) in [5.74, 6) is 0.308. The third-order valence-electron chi connectivity index (χ3n) is 0.995. The third-order valence-corrected chi connectivity index (χ3v) is 0.995. The maximum absolute atomic E-state index is 5.27. The largest absolute Gasteiger partial charge is 0.287 e. The van der Waals surface area contributed by atoms with Crippen molar-refractivity contribution < 1.29 is 5.41 Å². The van der Waals surface area contributed by atoms with Gasteiger partial charge in [-0.3, -0.25) is 16.1 Å². The van der Waals surface area contributed by atoms with E-state index in [2.05, 4.69) is 4.98 Å². The monoisotopic (exact) mass is 158 g/mol. The van der Waals surface area contributed by atoms with Crippen molar-refractivity contribution in [2.24, 2.45) is 5.73 Å². The van der Waals surface area contributed by atoms with Gasteiger partial charge < -0.3 is 0 Å². The molecule has 1 aromatic heterocycles. The molecule has 0 saturated carbocycles. The van der Waals surface area contributed by atoms with E-state index in [1.807, 2.05) is 6.07 Å². The molecule has 0 aliphatic rings. The maximum Gasteiger partial charge on any atom is 0.272 e. The predicted octanol–water partition coefficient (Wildman–Crippen LogP) is -1.03. The molecule has 4 heteroatoms. The van der Waals surface area contributed by atoms with Gasteiger partial charge in [0.25, 0.3) is 5.84 Å². The van der Waals surface area contributed by atoms with Crippen LogP contribution in [0.4, 0.5) is 0 Å². The van der Waals surface area contributed by atoms with E-state index in [0.29, 0.717) is 5.84 Å². The second-order valence-electron chi connectivity index (χ2n) is 1.70. The molecule has 0 spiro atoms. The molecule has 0 aliphatic heterocycles. The molecule has 0 aromatic carbocycles. The van der Waals surface area contributed by atoms with Gasteiger partial charge in [-0.15, -0.1) is 12.4 Å². The summed E-state index contributed by atoms with van der Waals surface area (Å²) in [5, 5.41) is 5.27. The van der Waals surface area contributed by atoms with Crippen LogP contribution in [-0.4, -0.2) is 10.8 Å². The first-order valence-electron chi connectivity index (χ1n) is 2.59. The minimum absolute atomic E-state index is 0. The molecule has 1 heterocycles. The first-order valence-corrected chi connectivity index (χ1v) is 2.59. The number of pyridine rings is 1. The molecular formula is C6H9ClN3+. The normalized spacial score (nSPS) is 8.00. The maximum atomic E-state index is 5.27. The molecular weight excluding hydrogens is 150 g/mol. The molecule has 0 atom stereocenters. The highest BCUT2D eigenvalue weighted by Gasteiger charge is 1.96. The van der Waals surface area contributed by atoms with Gasteiger partial charge in [0.2, 0.25) is 0 Å². The van der Waals surface area contributed by atoms with E-state index in [4.69, 9.17) is 11.1 Å². The van der Waals surface area contributed by atoms with Crippen molar-refractivity contribution in [1.29, 1.82) is 0 Å². The SMILES string of the molecule is Cl.NC(=[NH2+])c1cccnc1. The first kappa shape index (κ1) is 8.91. The number of aromatic nitrogens is 1. The molecule has 3 nitrogen and oxygen atoms in total. The van der Waals surface area contributed by atoms with Gasteiger partial charge in [0.15, 0.2) is 0 Å². The van der Waals surface area contributed by atoms with Crippen molar-refractivity contribution in [1.82, 2.24) is 4.98 Å². The fourth-order valence-corrected chi connectivity index (χ4v) is 0.534. The summed E-state index contributed by atoms with van der Waals surface area (Å²) in [6.45, 7) is 0. The second-order valence-corrected chi connectivity index (χ2v) is 1.70. The molecule has 0 aliphatic carbocycles. The Morgan fingerprint density at radius 3 is 2.60 bits per heavy atom. The highest BCUT2D eigenvalue weighted by molar-refractivity contribution is 5.92. The summed E-state index contributed by atoms with van der Waals surface area (Å²) in [5.41, 5.74) is 6.04. The van der Waals surface area contributed by atoms with Crippen molar-refractivity contribution in [3.8, 4) is 0 Å². The van der Waals surface area contributed by atoms with Crippen molar-refractivity contribution in [2.45, 2.75) is 0 Å². The van der Waals surface area contributed by atoms with Crippen LogP contribution in [0.3, 0.4) is 0 Å². The fourth-order valence-electron chi connectivity index (χ4n) is 0.534. The summed E-state index contributed by atoms with van der Waals surface area (Å²) in [7, 11) is 0. The number of hydrogen-bond acceptors (Lipinski definition) is 1. The van der Waals surface area contributed by atoms with Gasteiger partial charge in [-0.1, -0.05) is 0 Å². The van der Waals surface area contributed by atoms with E-state index in [0.717, 1.165) is 5.56 Å². The molecule has 0 radical (unpaired) electrons. The van der Waals surface area contributed by atoms with E-state index in [1.54, 1.807) is 18.5 Å². The summed E-state index contributed by atoms with van der Waals surface area (Å²) < 4.78 is 0. The highest BCUT2D eigenvalue weighted by Crippen LogP contribution is 1.89. The van der Waals surface area contributed by atoms with E-state index >= 15 is 0 Å². The minimum atomic E-state index is 0. The first-order chi connectivity index (χ1) is 4.30. The van der Waals surface area contributed by atoms with Crippen LogP contribution in [0, 0.1) is 0 Å². The van der Waals surface area contributed by atoms with Crippen LogP contribution in [0.1, 0.15) is 5.56 Å². The van der Waals surface area contributed by atoms with Gasteiger partial charge >= 0.3 is 0 Å². The van der Waals surface area contributed by atoms with Crippen LogP contribution in [0.15, 0.2) is 24.5 Å². The highest BCUT2D eigenvalue weighted by atomic mass is 35.5.